The highest BCUT2D eigenvalue weighted by atomic mass is 19.4. The predicted molar refractivity (Wildman–Crippen MR) is 163 cm³/mol. The highest BCUT2D eigenvalue weighted by molar-refractivity contribution is 5.72. The van der Waals surface area contributed by atoms with Gasteiger partial charge in [-0.3, -0.25) is 0 Å². The molecular weight excluding hydrogens is 638 g/mol. The van der Waals surface area contributed by atoms with Crippen LogP contribution in [0, 0.1) is 0 Å². The standard InChI is InChI=1S/C34H30F6N6O2/c35-33(36,37)29-19-27(45(43-29)31-14-1-3-16-47-31)25-12-6-10-23(41-25)21-8-5-9-22(18-21)24-11-7-13-26(42-24)28-20-30(34(38,39)40)44-46(28)32-15-2-4-17-48-32/h5-13,18-20,31-32H,1-4,14-17H2. The molecule has 14 heteroatoms. The molecule has 0 radical (unpaired) electrons. The van der Waals surface area contributed by atoms with Crippen LogP contribution >= 0.6 is 0 Å². The highest BCUT2D eigenvalue weighted by Gasteiger charge is 2.38. The van der Waals surface area contributed by atoms with Crippen LogP contribution in [0.4, 0.5) is 26.3 Å². The summed E-state index contributed by atoms with van der Waals surface area (Å²) >= 11 is 0. The fourth-order valence-electron chi connectivity index (χ4n) is 6.03. The molecule has 0 bridgehead atoms. The summed E-state index contributed by atoms with van der Waals surface area (Å²) in [6.07, 6.45) is -6.22. The Labute approximate surface area is 271 Å². The Hall–Kier alpha value is -4.56. The third kappa shape index (κ3) is 6.59. The van der Waals surface area contributed by atoms with Crippen molar-refractivity contribution in [1.82, 2.24) is 29.5 Å². The Bertz CT molecular complexity index is 1770. The van der Waals surface area contributed by atoms with Gasteiger partial charge >= 0.3 is 12.4 Å². The van der Waals surface area contributed by atoms with Crippen LogP contribution in [0.3, 0.4) is 0 Å². The Balaban J connectivity index is 1.23. The topological polar surface area (TPSA) is 79.9 Å². The van der Waals surface area contributed by atoms with Crippen molar-refractivity contribution >= 4 is 0 Å². The average Bonchev–Trinajstić information content (AvgIpc) is 3.76. The molecule has 2 aliphatic heterocycles. The minimum absolute atomic E-state index is 0.193. The lowest BCUT2D eigenvalue weighted by Gasteiger charge is -2.24. The van der Waals surface area contributed by atoms with Crippen molar-refractivity contribution in [2.24, 2.45) is 0 Å². The van der Waals surface area contributed by atoms with Crippen molar-refractivity contribution in [1.29, 1.82) is 0 Å². The Morgan fingerprint density at radius 3 is 1.35 bits per heavy atom. The second-order valence-corrected chi connectivity index (χ2v) is 11.8. The van der Waals surface area contributed by atoms with Gasteiger partial charge in [0.2, 0.25) is 0 Å². The smallest absolute Gasteiger partial charge is 0.356 e. The van der Waals surface area contributed by atoms with Crippen LogP contribution in [-0.2, 0) is 21.8 Å². The normalized spacial score (nSPS) is 19.0. The average molecular weight is 669 g/mol. The zero-order valence-corrected chi connectivity index (χ0v) is 25.5. The molecule has 2 unspecified atom stereocenters. The molecule has 0 spiro atoms. The molecule has 2 saturated heterocycles. The zero-order chi connectivity index (χ0) is 33.5. The Morgan fingerprint density at radius 1 is 0.542 bits per heavy atom. The molecule has 2 aliphatic rings. The van der Waals surface area contributed by atoms with Crippen molar-refractivity contribution in [3.05, 3.63) is 84.2 Å². The Kier molecular flexibility index (Phi) is 8.54. The summed E-state index contributed by atoms with van der Waals surface area (Å²) in [5, 5.41) is 7.73. The number of hydrogen-bond donors (Lipinski definition) is 0. The zero-order valence-electron chi connectivity index (χ0n) is 25.5. The number of halogens is 6. The fraction of sp³-hybridized carbons (Fsp3) is 0.353. The Morgan fingerprint density at radius 2 is 0.958 bits per heavy atom. The molecule has 4 aromatic heterocycles. The molecule has 2 fully saturated rings. The molecule has 8 nitrogen and oxygen atoms in total. The molecule has 0 aliphatic carbocycles. The van der Waals surface area contributed by atoms with Crippen LogP contribution in [0.25, 0.3) is 45.3 Å². The lowest BCUT2D eigenvalue weighted by molar-refractivity contribution is -0.143. The van der Waals surface area contributed by atoms with Gasteiger partial charge in [0.15, 0.2) is 23.8 Å². The van der Waals surface area contributed by atoms with Gasteiger partial charge in [0, 0.05) is 24.3 Å². The molecule has 5 aromatic rings. The van der Waals surface area contributed by atoms with Crippen molar-refractivity contribution in [3.8, 4) is 45.3 Å². The molecular formula is C34H30F6N6O2. The molecule has 2 atom stereocenters. The number of pyridine rings is 2. The van der Waals surface area contributed by atoms with Gasteiger partial charge in [-0.15, -0.1) is 0 Å². The summed E-state index contributed by atoms with van der Waals surface area (Å²) in [6, 6.07) is 19.4. The number of rotatable bonds is 6. The monoisotopic (exact) mass is 668 g/mol. The highest BCUT2D eigenvalue weighted by Crippen LogP contribution is 2.37. The van der Waals surface area contributed by atoms with Gasteiger partial charge < -0.3 is 9.47 Å². The number of alkyl halides is 6. The number of ether oxygens (including phenoxy) is 2. The summed E-state index contributed by atoms with van der Waals surface area (Å²) in [6.45, 7) is 0.863. The fourth-order valence-corrected chi connectivity index (χ4v) is 6.03. The molecule has 6 heterocycles. The van der Waals surface area contributed by atoms with E-state index in [-0.39, 0.29) is 11.4 Å². The largest absolute Gasteiger partial charge is 0.435 e. The summed E-state index contributed by atoms with van der Waals surface area (Å²) in [5.74, 6) is 0. The van der Waals surface area contributed by atoms with Crippen LogP contribution in [0.15, 0.2) is 72.8 Å². The molecule has 250 valence electrons. The maximum Gasteiger partial charge on any atom is 0.435 e. The lowest BCUT2D eigenvalue weighted by atomic mass is 10.0. The van der Waals surface area contributed by atoms with E-state index in [0.29, 0.717) is 60.0 Å². The second-order valence-electron chi connectivity index (χ2n) is 11.8. The van der Waals surface area contributed by atoms with Crippen LogP contribution in [0.1, 0.15) is 62.4 Å². The van der Waals surface area contributed by atoms with Crippen LogP contribution < -0.4 is 0 Å². The van der Waals surface area contributed by atoms with Gasteiger partial charge in [0.1, 0.15) is 0 Å². The van der Waals surface area contributed by atoms with E-state index >= 15 is 0 Å². The first-order chi connectivity index (χ1) is 23.0. The minimum Gasteiger partial charge on any atom is -0.356 e. The minimum atomic E-state index is -4.64. The quantitative estimate of drug-likeness (QED) is 0.168. The van der Waals surface area contributed by atoms with Crippen molar-refractivity contribution in [3.63, 3.8) is 0 Å². The van der Waals surface area contributed by atoms with Gasteiger partial charge in [0.05, 0.1) is 34.2 Å². The number of hydrogen-bond acceptors (Lipinski definition) is 6. The molecule has 0 amide bonds. The van der Waals surface area contributed by atoms with E-state index in [4.69, 9.17) is 19.4 Å². The van der Waals surface area contributed by atoms with E-state index in [2.05, 4.69) is 10.2 Å². The lowest BCUT2D eigenvalue weighted by Crippen LogP contribution is -2.21. The van der Waals surface area contributed by atoms with E-state index in [1.165, 1.54) is 9.36 Å². The van der Waals surface area contributed by atoms with Crippen molar-refractivity contribution in [2.45, 2.75) is 63.3 Å². The summed E-state index contributed by atoms with van der Waals surface area (Å²) < 4.78 is 96.4. The van der Waals surface area contributed by atoms with Crippen LogP contribution in [-0.4, -0.2) is 42.7 Å². The van der Waals surface area contributed by atoms with E-state index in [9.17, 15) is 26.3 Å². The van der Waals surface area contributed by atoms with Gasteiger partial charge in [-0.1, -0.05) is 30.3 Å². The van der Waals surface area contributed by atoms with Gasteiger partial charge in [-0.05, 0) is 81.0 Å². The summed E-state index contributed by atoms with van der Waals surface area (Å²) in [7, 11) is 0. The SMILES string of the molecule is FC(F)(F)c1cc(-c2cccc(-c3cccc(-c4cccc(-c5cc(C(F)(F)F)nn5C5CCCCO5)n4)c3)n2)n(C2CCCCO2)n1. The summed E-state index contributed by atoms with van der Waals surface area (Å²) in [4.78, 5) is 9.43. The summed E-state index contributed by atoms with van der Waals surface area (Å²) in [5.41, 5.74) is 1.27. The van der Waals surface area contributed by atoms with Gasteiger partial charge in [-0.25, -0.2) is 19.3 Å². The molecule has 1 aromatic carbocycles. The van der Waals surface area contributed by atoms with Crippen LogP contribution in [0.5, 0.6) is 0 Å². The molecule has 48 heavy (non-hydrogen) atoms. The van der Waals surface area contributed by atoms with E-state index in [0.717, 1.165) is 37.8 Å². The van der Waals surface area contributed by atoms with Crippen LogP contribution in [0.2, 0.25) is 0 Å². The number of nitrogens with zero attached hydrogens (tertiary/aromatic N) is 6. The number of benzene rings is 1. The predicted octanol–water partition coefficient (Wildman–Crippen LogP) is 8.97. The molecule has 0 saturated carbocycles. The third-order valence-corrected chi connectivity index (χ3v) is 8.39. The third-order valence-electron chi connectivity index (χ3n) is 8.39. The van der Waals surface area contributed by atoms with Crippen molar-refractivity contribution < 1.29 is 35.8 Å². The number of aromatic nitrogens is 6. The van der Waals surface area contributed by atoms with Crippen molar-refractivity contribution in [2.75, 3.05) is 13.2 Å². The van der Waals surface area contributed by atoms with E-state index in [1.807, 2.05) is 18.2 Å². The first-order valence-corrected chi connectivity index (χ1v) is 15.7. The van der Waals surface area contributed by atoms with E-state index < -0.39 is 36.2 Å². The maximum absolute atomic E-state index is 13.7. The molecule has 0 N–H and O–H groups in total. The maximum atomic E-state index is 13.7. The first-order valence-electron chi connectivity index (χ1n) is 15.7. The molecule has 7 rings (SSSR count). The van der Waals surface area contributed by atoms with E-state index in [1.54, 1.807) is 42.5 Å². The van der Waals surface area contributed by atoms with Gasteiger partial charge in [-0.2, -0.15) is 36.5 Å². The van der Waals surface area contributed by atoms with Gasteiger partial charge in [0.25, 0.3) is 0 Å². The second kappa shape index (κ2) is 12.8. The first kappa shape index (κ1) is 32.0.